The van der Waals surface area contributed by atoms with E-state index in [0.717, 1.165) is 19.5 Å². The number of amides is 1. The molecule has 26 heavy (non-hydrogen) atoms. The lowest BCUT2D eigenvalue weighted by molar-refractivity contribution is 0.0950. The topological polar surface area (TPSA) is 63.2 Å². The summed E-state index contributed by atoms with van der Waals surface area (Å²) in [6, 6.07) is 10.8. The van der Waals surface area contributed by atoms with Gasteiger partial charge in [0.25, 0.3) is 5.91 Å². The number of carbonyl (C=O) groups excluding carboxylic acids is 1. The van der Waals surface area contributed by atoms with Crippen molar-refractivity contribution in [3.8, 4) is 11.5 Å². The van der Waals surface area contributed by atoms with E-state index in [2.05, 4.69) is 15.6 Å². The van der Waals surface area contributed by atoms with Crippen molar-refractivity contribution in [2.75, 3.05) is 19.6 Å². The molecule has 7 heteroatoms. The van der Waals surface area contributed by atoms with Gasteiger partial charge in [-0.1, -0.05) is 6.07 Å². The summed E-state index contributed by atoms with van der Waals surface area (Å²) in [4.78, 5) is 16.3. The average Bonchev–Trinajstić information content (AvgIpc) is 2.64. The van der Waals surface area contributed by atoms with Gasteiger partial charge in [-0.2, -0.15) is 0 Å². The maximum absolute atomic E-state index is 12.3. The Morgan fingerprint density at radius 3 is 2.73 bits per heavy atom. The van der Waals surface area contributed by atoms with Crippen molar-refractivity contribution in [2.45, 2.75) is 19.3 Å². The quantitative estimate of drug-likeness (QED) is 0.776. The summed E-state index contributed by atoms with van der Waals surface area (Å²) in [5, 5.41) is 6.41. The number of ether oxygens (including phenoxy) is 1. The minimum atomic E-state index is -0.0565. The van der Waals surface area contributed by atoms with E-state index >= 15 is 0 Å². The molecule has 1 amide bonds. The number of aromatic nitrogens is 1. The minimum absolute atomic E-state index is 0. The molecule has 1 aliphatic heterocycles. The normalized spacial score (nSPS) is 15.9. The number of pyridine rings is 1. The SMILES string of the molecule is Cl.Cl.O=C(NCCC1CCCNC1)c1cccc(Oc2ccncc2)c1. The van der Waals surface area contributed by atoms with Gasteiger partial charge in [-0.3, -0.25) is 9.78 Å². The maximum Gasteiger partial charge on any atom is 0.251 e. The van der Waals surface area contributed by atoms with Crippen LogP contribution in [-0.2, 0) is 0 Å². The summed E-state index contributed by atoms with van der Waals surface area (Å²) in [5.74, 6) is 1.96. The molecule has 1 aromatic carbocycles. The fraction of sp³-hybridized carbons (Fsp3) is 0.368. The van der Waals surface area contributed by atoms with E-state index in [1.165, 1.54) is 12.8 Å². The van der Waals surface area contributed by atoms with Gasteiger partial charge in [0.1, 0.15) is 11.5 Å². The van der Waals surface area contributed by atoms with Gasteiger partial charge in [-0.05, 0) is 68.6 Å². The highest BCUT2D eigenvalue weighted by Crippen LogP contribution is 2.21. The second-order valence-corrected chi connectivity index (χ2v) is 6.07. The Morgan fingerprint density at radius 1 is 1.19 bits per heavy atom. The second kappa shape index (κ2) is 11.7. The third kappa shape index (κ3) is 6.83. The summed E-state index contributed by atoms with van der Waals surface area (Å²) in [5.41, 5.74) is 0.614. The van der Waals surface area contributed by atoms with Gasteiger partial charge in [0.15, 0.2) is 0 Å². The summed E-state index contributed by atoms with van der Waals surface area (Å²) in [6.45, 7) is 2.89. The van der Waals surface area contributed by atoms with E-state index in [-0.39, 0.29) is 30.7 Å². The van der Waals surface area contributed by atoms with Crippen LogP contribution in [0.4, 0.5) is 0 Å². The molecule has 1 fully saturated rings. The van der Waals surface area contributed by atoms with Crippen LogP contribution in [0.3, 0.4) is 0 Å². The molecule has 0 bridgehead atoms. The van der Waals surface area contributed by atoms with Crippen molar-refractivity contribution in [1.82, 2.24) is 15.6 Å². The van der Waals surface area contributed by atoms with Gasteiger partial charge in [-0.15, -0.1) is 24.8 Å². The molecule has 1 aliphatic rings. The first-order valence-electron chi connectivity index (χ1n) is 8.48. The Bertz CT molecular complexity index is 665. The highest BCUT2D eigenvalue weighted by molar-refractivity contribution is 5.94. The summed E-state index contributed by atoms with van der Waals surface area (Å²) in [6.07, 6.45) is 6.84. The first kappa shape index (κ1) is 22.2. The van der Waals surface area contributed by atoms with E-state index in [1.54, 1.807) is 36.7 Å². The average molecular weight is 398 g/mol. The van der Waals surface area contributed by atoms with E-state index in [1.807, 2.05) is 12.1 Å². The van der Waals surface area contributed by atoms with Crippen molar-refractivity contribution in [3.63, 3.8) is 0 Å². The Balaban J connectivity index is 0.00000169. The first-order chi connectivity index (χ1) is 11.8. The lowest BCUT2D eigenvalue weighted by Gasteiger charge is -2.22. The number of benzene rings is 1. The predicted octanol–water partition coefficient (Wildman–Crippen LogP) is 3.84. The van der Waals surface area contributed by atoms with Crippen LogP contribution >= 0.6 is 24.8 Å². The zero-order chi connectivity index (χ0) is 16.6. The molecule has 1 atom stereocenters. The number of carbonyl (C=O) groups is 1. The van der Waals surface area contributed by atoms with Crippen molar-refractivity contribution < 1.29 is 9.53 Å². The number of rotatable bonds is 6. The Hall–Kier alpha value is -1.82. The summed E-state index contributed by atoms with van der Waals surface area (Å²) in [7, 11) is 0. The van der Waals surface area contributed by atoms with Crippen LogP contribution in [0.5, 0.6) is 11.5 Å². The molecule has 1 saturated heterocycles. The molecular weight excluding hydrogens is 373 g/mol. The Labute approximate surface area is 166 Å². The lowest BCUT2D eigenvalue weighted by Crippen LogP contribution is -2.33. The zero-order valence-corrected chi connectivity index (χ0v) is 16.2. The third-order valence-electron chi connectivity index (χ3n) is 4.22. The van der Waals surface area contributed by atoms with Gasteiger partial charge < -0.3 is 15.4 Å². The van der Waals surface area contributed by atoms with Crippen LogP contribution in [0.2, 0.25) is 0 Å². The molecule has 2 aromatic rings. The second-order valence-electron chi connectivity index (χ2n) is 6.07. The predicted molar refractivity (Wildman–Crippen MR) is 108 cm³/mol. The van der Waals surface area contributed by atoms with E-state index in [9.17, 15) is 4.79 Å². The number of hydrogen-bond donors (Lipinski definition) is 2. The van der Waals surface area contributed by atoms with Crippen LogP contribution < -0.4 is 15.4 Å². The largest absolute Gasteiger partial charge is 0.457 e. The fourth-order valence-electron chi connectivity index (χ4n) is 2.91. The van der Waals surface area contributed by atoms with Crippen molar-refractivity contribution in [3.05, 3.63) is 54.4 Å². The highest BCUT2D eigenvalue weighted by atomic mass is 35.5. The van der Waals surface area contributed by atoms with Crippen LogP contribution in [-0.4, -0.2) is 30.5 Å². The van der Waals surface area contributed by atoms with Crippen molar-refractivity contribution in [1.29, 1.82) is 0 Å². The number of nitrogens with zero attached hydrogens (tertiary/aromatic N) is 1. The van der Waals surface area contributed by atoms with E-state index in [0.29, 0.717) is 29.5 Å². The maximum atomic E-state index is 12.3. The molecule has 0 spiro atoms. The molecule has 0 aliphatic carbocycles. The fourth-order valence-corrected chi connectivity index (χ4v) is 2.91. The number of halogens is 2. The molecular formula is C19H25Cl2N3O2. The molecule has 2 heterocycles. The monoisotopic (exact) mass is 397 g/mol. The smallest absolute Gasteiger partial charge is 0.251 e. The zero-order valence-electron chi connectivity index (χ0n) is 14.5. The summed E-state index contributed by atoms with van der Waals surface area (Å²) < 4.78 is 5.74. The first-order valence-corrected chi connectivity index (χ1v) is 8.48. The molecule has 2 N–H and O–H groups in total. The molecule has 1 aromatic heterocycles. The van der Waals surface area contributed by atoms with Gasteiger partial charge in [-0.25, -0.2) is 0 Å². The molecule has 1 unspecified atom stereocenters. The number of piperidine rings is 1. The Kier molecular flexibility index (Phi) is 10.0. The van der Waals surface area contributed by atoms with Crippen LogP contribution in [0.15, 0.2) is 48.8 Å². The molecule has 5 nitrogen and oxygen atoms in total. The number of hydrogen-bond acceptors (Lipinski definition) is 4. The Morgan fingerprint density at radius 2 is 2.00 bits per heavy atom. The van der Waals surface area contributed by atoms with Gasteiger partial charge in [0.2, 0.25) is 0 Å². The number of nitrogens with one attached hydrogen (secondary N) is 2. The third-order valence-corrected chi connectivity index (χ3v) is 4.22. The van der Waals surface area contributed by atoms with Crippen molar-refractivity contribution >= 4 is 30.7 Å². The van der Waals surface area contributed by atoms with Crippen LogP contribution in [0, 0.1) is 5.92 Å². The minimum Gasteiger partial charge on any atom is -0.457 e. The van der Waals surface area contributed by atoms with Crippen molar-refractivity contribution in [2.24, 2.45) is 5.92 Å². The van der Waals surface area contributed by atoms with Crippen LogP contribution in [0.1, 0.15) is 29.6 Å². The van der Waals surface area contributed by atoms with Gasteiger partial charge >= 0.3 is 0 Å². The molecule has 0 radical (unpaired) electrons. The molecule has 0 saturated carbocycles. The molecule has 3 rings (SSSR count). The molecule has 142 valence electrons. The summed E-state index contributed by atoms with van der Waals surface area (Å²) >= 11 is 0. The van der Waals surface area contributed by atoms with E-state index < -0.39 is 0 Å². The standard InChI is InChI=1S/C19H23N3O2.2ClH/c23-19(22-12-6-15-3-2-9-21-14-15)16-4-1-5-18(13-16)24-17-7-10-20-11-8-17;;/h1,4-5,7-8,10-11,13,15,21H,2-3,6,9,12,14H2,(H,22,23);2*1H. The lowest BCUT2D eigenvalue weighted by atomic mass is 9.96. The van der Waals surface area contributed by atoms with Gasteiger partial charge in [0.05, 0.1) is 0 Å². The van der Waals surface area contributed by atoms with Crippen LogP contribution in [0.25, 0.3) is 0 Å². The van der Waals surface area contributed by atoms with Gasteiger partial charge in [0, 0.05) is 24.5 Å². The highest BCUT2D eigenvalue weighted by Gasteiger charge is 2.13. The van der Waals surface area contributed by atoms with E-state index in [4.69, 9.17) is 4.74 Å².